The maximum Gasteiger partial charge on any atom is 0.269 e. The molecule has 0 spiro atoms. The first-order chi connectivity index (χ1) is 7.72. The highest BCUT2D eigenvalue weighted by molar-refractivity contribution is 5.92. The summed E-state index contributed by atoms with van der Waals surface area (Å²) in [6.07, 6.45) is 1.78. The van der Waals surface area contributed by atoms with Gasteiger partial charge >= 0.3 is 0 Å². The van der Waals surface area contributed by atoms with E-state index < -0.39 is 0 Å². The summed E-state index contributed by atoms with van der Waals surface area (Å²) in [6.45, 7) is 6.57. The van der Waals surface area contributed by atoms with E-state index in [1.165, 1.54) is 0 Å². The van der Waals surface area contributed by atoms with Crippen molar-refractivity contribution in [1.29, 1.82) is 0 Å². The normalized spacial score (nSPS) is 17.1. The monoisotopic (exact) mass is 222 g/mol. The van der Waals surface area contributed by atoms with E-state index in [1.807, 2.05) is 20.8 Å². The lowest BCUT2D eigenvalue weighted by Gasteiger charge is -2.04. The molecule has 16 heavy (non-hydrogen) atoms. The predicted octanol–water partition coefficient (Wildman–Crippen LogP) is 2.06. The third kappa shape index (κ3) is 2.39. The van der Waals surface area contributed by atoms with Gasteiger partial charge in [0.05, 0.1) is 12.7 Å². The van der Waals surface area contributed by atoms with E-state index in [9.17, 15) is 4.79 Å². The molecule has 2 heterocycles. The van der Waals surface area contributed by atoms with Gasteiger partial charge in [-0.2, -0.15) is 0 Å². The summed E-state index contributed by atoms with van der Waals surface area (Å²) < 4.78 is 5.42. The van der Waals surface area contributed by atoms with Gasteiger partial charge < -0.3 is 10.1 Å². The van der Waals surface area contributed by atoms with Gasteiger partial charge in [0.15, 0.2) is 0 Å². The average Bonchev–Trinajstić information content (AvgIpc) is 2.72. The number of ether oxygens (including phenoxy) is 1. The lowest BCUT2D eigenvalue weighted by molar-refractivity contribution is 0.0796. The number of amides is 1. The number of nitrogens with zero attached hydrogens (tertiary/aromatic N) is 1. The van der Waals surface area contributed by atoms with Crippen molar-refractivity contribution >= 4 is 5.91 Å². The zero-order valence-corrected chi connectivity index (χ0v) is 10.2. The van der Waals surface area contributed by atoms with Gasteiger partial charge in [-0.1, -0.05) is 13.8 Å². The fourth-order valence-corrected chi connectivity index (χ4v) is 1.56. The van der Waals surface area contributed by atoms with Crippen LogP contribution >= 0.6 is 0 Å². The van der Waals surface area contributed by atoms with Gasteiger partial charge in [0.1, 0.15) is 5.69 Å². The summed E-state index contributed by atoms with van der Waals surface area (Å²) in [7, 11) is 1.59. The van der Waals surface area contributed by atoms with Crippen molar-refractivity contribution in [1.82, 2.24) is 10.3 Å². The molecular formula is C12H18N2O2. The molecule has 0 fully saturated rings. The quantitative estimate of drug-likeness (QED) is 0.791. The molecule has 1 N–H and O–H groups in total. The largest absolute Gasteiger partial charge is 0.369 e. The highest BCUT2D eigenvalue weighted by Crippen LogP contribution is 2.29. The van der Waals surface area contributed by atoms with Crippen molar-refractivity contribution in [2.45, 2.75) is 33.5 Å². The van der Waals surface area contributed by atoms with E-state index in [4.69, 9.17) is 4.74 Å². The maximum atomic E-state index is 11.3. The van der Waals surface area contributed by atoms with E-state index in [2.05, 4.69) is 10.3 Å². The van der Waals surface area contributed by atoms with Crippen molar-refractivity contribution in [3.8, 4) is 0 Å². The van der Waals surface area contributed by atoms with Crippen LogP contribution in [0, 0.1) is 0 Å². The predicted molar refractivity (Wildman–Crippen MR) is 62.2 cm³/mol. The molecule has 0 aliphatic carbocycles. The van der Waals surface area contributed by atoms with Crippen LogP contribution in [0.25, 0.3) is 0 Å². The summed E-state index contributed by atoms with van der Waals surface area (Å²) in [5.41, 5.74) is 2.59. The molecule has 0 saturated heterocycles. The van der Waals surface area contributed by atoms with Gasteiger partial charge in [-0.3, -0.25) is 9.78 Å². The first-order valence-corrected chi connectivity index (χ1v) is 5.55. The lowest BCUT2D eigenvalue weighted by atomic mass is 10.1. The molecule has 1 aromatic heterocycles. The lowest BCUT2D eigenvalue weighted by Crippen LogP contribution is -2.19. The van der Waals surface area contributed by atoms with Crippen molar-refractivity contribution in [3.05, 3.63) is 29.1 Å². The van der Waals surface area contributed by atoms with Gasteiger partial charge in [0, 0.05) is 18.8 Å². The molecule has 0 aromatic carbocycles. The minimum atomic E-state index is -0.160. The minimum absolute atomic E-state index is 0.0661. The Morgan fingerprint density at radius 2 is 2.25 bits per heavy atom. The van der Waals surface area contributed by atoms with Gasteiger partial charge in [-0.15, -0.1) is 0 Å². The maximum absolute atomic E-state index is 11.3. The topological polar surface area (TPSA) is 51.2 Å². The second-order valence-electron chi connectivity index (χ2n) is 3.30. The number of hydrogen-bond donors (Lipinski definition) is 1. The zero-order chi connectivity index (χ0) is 12.1. The Balaban J connectivity index is 0.000000606. The number of nitrogens with one attached hydrogen (secondary N) is 1. The summed E-state index contributed by atoms with van der Waals surface area (Å²) in [5.74, 6) is -0.160. The highest BCUT2D eigenvalue weighted by atomic mass is 16.5. The number of rotatable bonds is 1. The second kappa shape index (κ2) is 5.61. The zero-order valence-electron chi connectivity index (χ0n) is 10.2. The molecule has 88 valence electrons. The Kier molecular flexibility index (Phi) is 4.43. The van der Waals surface area contributed by atoms with E-state index in [0.717, 1.165) is 11.1 Å². The summed E-state index contributed by atoms with van der Waals surface area (Å²) in [6, 6.07) is 1.80. The molecule has 2 rings (SSSR count). The number of aromatic nitrogens is 1. The Morgan fingerprint density at radius 3 is 2.88 bits per heavy atom. The van der Waals surface area contributed by atoms with Crippen LogP contribution in [-0.2, 0) is 11.3 Å². The number of hydrogen-bond acceptors (Lipinski definition) is 3. The Morgan fingerprint density at radius 1 is 1.56 bits per heavy atom. The molecule has 1 amide bonds. The van der Waals surface area contributed by atoms with Crippen LogP contribution in [0.4, 0.5) is 0 Å². The minimum Gasteiger partial charge on any atom is -0.369 e. The van der Waals surface area contributed by atoms with Gasteiger partial charge in [0.25, 0.3) is 5.91 Å². The molecule has 0 bridgehead atoms. The van der Waals surface area contributed by atoms with Crippen molar-refractivity contribution < 1.29 is 9.53 Å². The molecule has 4 nitrogen and oxygen atoms in total. The highest BCUT2D eigenvalue weighted by Gasteiger charge is 2.21. The van der Waals surface area contributed by atoms with Crippen LogP contribution in [-0.4, -0.2) is 17.9 Å². The average molecular weight is 222 g/mol. The third-order valence-electron chi connectivity index (χ3n) is 2.41. The van der Waals surface area contributed by atoms with Crippen LogP contribution in [0.5, 0.6) is 0 Å². The number of pyridine rings is 1. The standard InChI is InChI=1S/C10H12N2O2.C2H6/c1-6-8-3-9(10(13)11-2)12-4-7(8)5-14-6;1-2/h3-4,6H,5H2,1-2H3,(H,11,13);1-2H3. The third-order valence-corrected chi connectivity index (χ3v) is 2.41. The molecule has 1 unspecified atom stereocenters. The summed E-state index contributed by atoms with van der Waals surface area (Å²) in [5, 5.41) is 2.55. The first kappa shape index (κ1) is 12.6. The van der Waals surface area contributed by atoms with E-state index in [0.29, 0.717) is 12.3 Å². The first-order valence-electron chi connectivity index (χ1n) is 5.55. The SMILES string of the molecule is CC.CNC(=O)c1cc2c(cn1)COC2C. The van der Waals surface area contributed by atoms with Gasteiger partial charge in [0.2, 0.25) is 0 Å². The van der Waals surface area contributed by atoms with Crippen LogP contribution in [0.3, 0.4) is 0 Å². The van der Waals surface area contributed by atoms with Crippen LogP contribution < -0.4 is 5.32 Å². The molecule has 1 aliphatic rings. The number of fused-ring (bicyclic) bond motifs is 1. The van der Waals surface area contributed by atoms with Gasteiger partial charge in [-0.05, 0) is 18.6 Å². The molecule has 0 saturated carbocycles. The molecule has 1 aromatic rings. The molecular weight excluding hydrogens is 204 g/mol. The number of carbonyl (C=O) groups is 1. The summed E-state index contributed by atoms with van der Waals surface area (Å²) in [4.78, 5) is 15.4. The Labute approximate surface area is 96.0 Å². The van der Waals surface area contributed by atoms with E-state index in [-0.39, 0.29) is 12.0 Å². The summed E-state index contributed by atoms with van der Waals surface area (Å²) >= 11 is 0. The van der Waals surface area contributed by atoms with E-state index in [1.54, 1.807) is 19.3 Å². The Hall–Kier alpha value is -1.42. The van der Waals surface area contributed by atoms with Gasteiger partial charge in [-0.25, -0.2) is 0 Å². The van der Waals surface area contributed by atoms with E-state index >= 15 is 0 Å². The van der Waals surface area contributed by atoms with Crippen LogP contribution in [0.15, 0.2) is 12.3 Å². The molecule has 1 atom stereocenters. The van der Waals surface area contributed by atoms with Crippen LogP contribution in [0.2, 0.25) is 0 Å². The Bertz CT molecular complexity index is 377. The second-order valence-corrected chi connectivity index (χ2v) is 3.30. The number of carbonyl (C=O) groups excluding carboxylic acids is 1. The fraction of sp³-hybridized carbons (Fsp3) is 0.500. The molecule has 0 radical (unpaired) electrons. The fourth-order valence-electron chi connectivity index (χ4n) is 1.56. The molecule has 4 heteroatoms. The molecule has 1 aliphatic heterocycles. The smallest absolute Gasteiger partial charge is 0.269 e. The van der Waals surface area contributed by atoms with Crippen molar-refractivity contribution in [2.24, 2.45) is 0 Å². The van der Waals surface area contributed by atoms with Crippen molar-refractivity contribution in [3.63, 3.8) is 0 Å². The van der Waals surface area contributed by atoms with Crippen LogP contribution in [0.1, 0.15) is 48.5 Å². The van der Waals surface area contributed by atoms with Crippen molar-refractivity contribution in [2.75, 3.05) is 7.05 Å².